The summed E-state index contributed by atoms with van der Waals surface area (Å²) in [6.07, 6.45) is 8.19. The fourth-order valence-corrected chi connectivity index (χ4v) is 4.11. The van der Waals surface area contributed by atoms with Gasteiger partial charge in [-0.05, 0) is 37.6 Å². The van der Waals surface area contributed by atoms with Crippen molar-refractivity contribution in [3.63, 3.8) is 0 Å². The van der Waals surface area contributed by atoms with Crippen molar-refractivity contribution in [3.8, 4) is 0 Å². The van der Waals surface area contributed by atoms with E-state index < -0.39 is 0 Å². The molecule has 0 bridgehead atoms. The van der Waals surface area contributed by atoms with E-state index >= 15 is 0 Å². The number of nitrogens with zero attached hydrogens (tertiary/aromatic N) is 1. The first kappa shape index (κ1) is 17.5. The summed E-state index contributed by atoms with van der Waals surface area (Å²) in [7, 11) is 0. The molecule has 1 aliphatic rings. The van der Waals surface area contributed by atoms with Crippen molar-refractivity contribution in [3.05, 3.63) is 0 Å². The molecule has 3 heteroatoms. The van der Waals surface area contributed by atoms with E-state index in [1.54, 1.807) is 0 Å². The smallest absolute Gasteiger partial charge is 0.0702 e. The molecular formula is C16H32BrNO. The molecule has 1 heterocycles. The quantitative estimate of drug-likeness (QED) is 0.547. The van der Waals surface area contributed by atoms with Crippen LogP contribution in [0, 0.1) is 5.41 Å². The van der Waals surface area contributed by atoms with Crippen molar-refractivity contribution in [2.75, 3.05) is 31.6 Å². The number of hydrogen-bond donors (Lipinski definition) is 0. The highest BCUT2D eigenvalue weighted by atomic mass is 79.9. The Morgan fingerprint density at radius 2 is 1.89 bits per heavy atom. The van der Waals surface area contributed by atoms with Crippen molar-refractivity contribution < 1.29 is 4.74 Å². The second-order valence-electron chi connectivity index (χ2n) is 6.10. The molecule has 0 spiro atoms. The Labute approximate surface area is 128 Å². The monoisotopic (exact) mass is 333 g/mol. The first-order chi connectivity index (χ1) is 9.19. The zero-order valence-electron chi connectivity index (χ0n) is 13.1. The zero-order chi connectivity index (χ0) is 14.1. The van der Waals surface area contributed by atoms with Gasteiger partial charge in [0.15, 0.2) is 0 Å². The number of rotatable bonds is 10. The Bertz CT molecular complexity index is 223. The first-order valence-corrected chi connectivity index (χ1v) is 9.21. The molecule has 114 valence electrons. The molecule has 1 atom stereocenters. The summed E-state index contributed by atoms with van der Waals surface area (Å²) in [5, 5.41) is 1.13. The molecule has 1 saturated heterocycles. The van der Waals surface area contributed by atoms with Gasteiger partial charge in [0.25, 0.3) is 0 Å². The predicted molar refractivity (Wildman–Crippen MR) is 87.1 cm³/mol. The van der Waals surface area contributed by atoms with Crippen LogP contribution in [0.25, 0.3) is 0 Å². The summed E-state index contributed by atoms with van der Waals surface area (Å²) in [6.45, 7) is 11.4. The van der Waals surface area contributed by atoms with Gasteiger partial charge in [-0.3, -0.25) is 0 Å². The molecule has 1 aliphatic heterocycles. The van der Waals surface area contributed by atoms with Gasteiger partial charge in [0.05, 0.1) is 6.10 Å². The van der Waals surface area contributed by atoms with Gasteiger partial charge in [0.2, 0.25) is 0 Å². The molecule has 0 aromatic rings. The van der Waals surface area contributed by atoms with Crippen LogP contribution in [0.15, 0.2) is 0 Å². The van der Waals surface area contributed by atoms with E-state index in [2.05, 4.69) is 41.6 Å². The van der Waals surface area contributed by atoms with Gasteiger partial charge in [0, 0.05) is 25.0 Å². The lowest BCUT2D eigenvalue weighted by Gasteiger charge is -2.37. The van der Waals surface area contributed by atoms with Crippen LogP contribution in [0.3, 0.4) is 0 Å². The number of halogens is 1. The number of ether oxygens (including phenoxy) is 1. The molecule has 0 N–H and O–H groups in total. The first-order valence-electron chi connectivity index (χ1n) is 8.09. The summed E-state index contributed by atoms with van der Waals surface area (Å²) in [4.78, 5) is 2.61. The molecule has 1 rings (SSSR count). The van der Waals surface area contributed by atoms with E-state index in [9.17, 15) is 0 Å². The van der Waals surface area contributed by atoms with Crippen molar-refractivity contribution in [2.45, 2.75) is 65.4 Å². The lowest BCUT2D eigenvalue weighted by molar-refractivity contribution is 0.0560. The topological polar surface area (TPSA) is 12.5 Å². The van der Waals surface area contributed by atoms with Gasteiger partial charge in [-0.2, -0.15) is 0 Å². The standard InChI is InChI=1S/C16H32BrNO/c1-4-9-16(13-17,10-5-2)14-18(6-3)12-15-8-7-11-19-15/h15H,4-14H2,1-3H3. The highest BCUT2D eigenvalue weighted by Crippen LogP contribution is 2.33. The summed E-state index contributed by atoms with van der Waals surface area (Å²) in [5.41, 5.74) is 0.456. The minimum Gasteiger partial charge on any atom is -0.377 e. The fourth-order valence-electron chi connectivity index (χ4n) is 3.38. The third kappa shape index (κ3) is 5.73. The Hall–Kier alpha value is 0.400. The number of alkyl halides is 1. The SMILES string of the molecule is CCCC(CBr)(CCC)CN(CC)CC1CCCO1. The van der Waals surface area contributed by atoms with Gasteiger partial charge in [-0.1, -0.05) is 49.5 Å². The van der Waals surface area contributed by atoms with Crippen molar-refractivity contribution in [2.24, 2.45) is 5.41 Å². The lowest BCUT2D eigenvalue weighted by Crippen LogP contribution is -2.42. The van der Waals surface area contributed by atoms with E-state index in [1.807, 2.05) is 0 Å². The van der Waals surface area contributed by atoms with E-state index in [-0.39, 0.29) is 0 Å². The van der Waals surface area contributed by atoms with Crippen molar-refractivity contribution >= 4 is 15.9 Å². The van der Waals surface area contributed by atoms with Gasteiger partial charge in [-0.25, -0.2) is 0 Å². The van der Waals surface area contributed by atoms with Crippen LogP contribution in [-0.2, 0) is 4.74 Å². The largest absolute Gasteiger partial charge is 0.377 e. The molecule has 0 amide bonds. The third-order valence-corrected chi connectivity index (χ3v) is 5.53. The number of hydrogen-bond acceptors (Lipinski definition) is 2. The maximum absolute atomic E-state index is 5.80. The fraction of sp³-hybridized carbons (Fsp3) is 1.00. The van der Waals surface area contributed by atoms with E-state index in [1.165, 1.54) is 45.1 Å². The van der Waals surface area contributed by atoms with Gasteiger partial charge in [-0.15, -0.1) is 0 Å². The van der Waals surface area contributed by atoms with Gasteiger partial charge < -0.3 is 9.64 Å². The van der Waals surface area contributed by atoms with Crippen LogP contribution in [0.5, 0.6) is 0 Å². The molecular weight excluding hydrogens is 302 g/mol. The minimum absolute atomic E-state index is 0.456. The number of likely N-dealkylation sites (N-methyl/N-ethyl adjacent to an activating group) is 1. The maximum atomic E-state index is 5.80. The van der Waals surface area contributed by atoms with E-state index in [0.29, 0.717) is 11.5 Å². The molecule has 0 radical (unpaired) electrons. The van der Waals surface area contributed by atoms with Crippen LogP contribution in [0.4, 0.5) is 0 Å². The summed E-state index contributed by atoms with van der Waals surface area (Å²) in [5.74, 6) is 0. The lowest BCUT2D eigenvalue weighted by atomic mass is 9.80. The molecule has 2 nitrogen and oxygen atoms in total. The van der Waals surface area contributed by atoms with Gasteiger partial charge >= 0.3 is 0 Å². The van der Waals surface area contributed by atoms with Crippen molar-refractivity contribution in [1.29, 1.82) is 0 Å². The van der Waals surface area contributed by atoms with Crippen molar-refractivity contribution in [1.82, 2.24) is 4.90 Å². The second-order valence-corrected chi connectivity index (χ2v) is 6.66. The summed E-state index contributed by atoms with van der Waals surface area (Å²) >= 11 is 3.79. The molecule has 1 fully saturated rings. The van der Waals surface area contributed by atoms with E-state index in [4.69, 9.17) is 4.74 Å². The molecule has 1 unspecified atom stereocenters. The normalized spacial score (nSPS) is 20.4. The Morgan fingerprint density at radius 1 is 1.21 bits per heavy atom. The average Bonchev–Trinajstić information content (AvgIpc) is 2.91. The Kier molecular flexibility index (Phi) is 8.59. The maximum Gasteiger partial charge on any atom is 0.0702 e. The second kappa shape index (κ2) is 9.36. The molecule has 19 heavy (non-hydrogen) atoms. The highest BCUT2D eigenvalue weighted by molar-refractivity contribution is 9.09. The average molecular weight is 334 g/mol. The minimum atomic E-state index is 0.456. The molecule has 0 aromatic heterocycles. The Morgan fingerprint density at radius 3 is 2.32 bits per heavy atom. The Balaban J connectivity index is 2.56. The van der Waals surface area contributed by atoms with Crippen LogP contribution in [0.1, 0.15) is 59.3 Å². The van der Waals surface area contributed by atoms with Crippen LogP contribution in [-0.4, -0.2) is 42.6 Å². The molecule has 0 saturated carbocycles. The van der Waals surface area contributed by atoms with Crippen LogP contribution >= 0.6 is 15.9 Å². The molecule has 0 aromatic carbocycles. The highest BCUT2D eigenvalue weighted by Gasteiger charge is 2.30. The van der Waals surface area contributed by atoms with E-state index in [0.717, 1.165) is 25.0 Å². The summed E-state index contributed by atoms with van der Waals surface area (Å²) < 4.78 is 5.80. The van der Waals surface area contributed by atoms with Gasteiger partial charge in [0.1, 0.15) is 0 Å². The van der Waals surface area contributed by atoms with Crippen LogP contribution in [0.2, 0.25) is 0 Å². The third-order valence-electron chi connectivity index (χ3n) is 4.34. The molecule has 0 aliphatic carbocycles. The predicted octanol–water partition coefficient (Wildman–Crippen LogP) is 4.47. The van der Waals surface area contributed by atoms with Crippen LogP contribution < -0.4 is 0 Å². The zero-order valence-corrected chi connectivity index (χ0v) is 14.7. The summed E-state index contributed by atoms with van der Waals surface area (Å²) in [6, 6.07) is 0.